The minimum absolute atomic E-state index is 0.0344. The minimum Gasteiger partial charge on any atom is -0.392 e. The smallest absolute Gasteiger partial charge is 0.261 e. The van der Waals surface area contributed by atoms with Crippen molar-refractivity contribution in [2.75, 3.05) is 38.0 Å². The van der Waals surface area contributed by atoms with Gasteiger partial charge in [0.2, 0.25) is 5.82 Å². The third kappa shape index (κ3) is 7.68. The van der Waals surface area contributed by atoms with Gasteiger partial charge in [-0.25, -0.2) is 22.0 Å². The number of nitrogens with zero attached hydrogens (tertiary/aromatic N) is 2. The molecule has 0 saturated carbocycles. The SMILES string of the molecule is C[C@H]1[C@@H](CN2CCN(Cc3ccccc3)CC2)O[C@@H](c2cccc(NC(=O)c3c(F)c(F)c(F)c(F)c3F)c2)O[C@H]1c1ccc(CO)cc1. The van der Waals surface area contributed by atoms with Crippen molar-refractivity contribution >= 4 is 11.6 Å². The van der Waals surface area contributed by atoms with Crippen LogP contribution in [-0.4, -0.2) is 59.6 Å². The van der Waals surface area contributed by atoms with Gasteiger partial charge in [-0.3, -0.25) is 14.6 Å². The van der Waals surface area contributed by atoms with Crippen LogP contribution in [-0.2, 0) is 22.6 Å². The van der Waals surface area contributed by atoms with Gasteiger partial charge < -0.3 is 19.9 Å². The zero-order valence-electron chi connectivity index (χ0n) is 26.7. The van der Waals surface area contributed by atoms with Gasteiger partial charge in [0.25, 0.3) is 5.91 Å². The monoisotopic (exact) mass is 681 g/mol. The molecule has 258 valence electrons. The second-order valence-corrected chi connectivity index (χ2v) is 12.4. The van der Waals surface area contributed by atoms with Crippen LogP contribution in [0.25, 0.3) is 0 Å². The summed E-state index contributed by atoms with van der Waals surface area (Å²) in [6.07, 6.45) is -1.62. The molecule has 0 spiro atoms. The Labute approximate surface area is 280 Å². The largest absolute Gasteiger partial charge is 0.392 e. The van der Waals surface area contributed by atoms with Crippen LogP contribution in [0.15, 0.2) is 78.9 Å². The number of hydrogen-bond acceptors (Lipinski definition) is 6. The Hall–Kier alpha value is -4.20. The van der Waals surface area contributed by atoms with E-state index in [2.05, 4.69) is 34.2 Å². The number of carbonyl (C=O) groups excluding carboxylic acids is 1. The average Bonchev–Trinajstić information content (AvgIpc) is 3.12. The van der Waals surface area contributed by atoms with Gasteiger partial charge in [0.15, 0.2) is 29.6 Å². The first kappa shape index (κ1) is 34.7. The summed E-state index contributed by atoms with van der Waals surface area (Å²) in [7, 11) is 0. The summed E-state index contributed by atoms with van der Waals surface area (Å²) < 4.78 is 82.8. The lowest BCUT2D eigenvalue weighted by Crippen LogP contribution is -2.51. The normalized spacial score (nSPS) is 21.9. The predicted molar refractivity (Wildman–Crippen MR) is 172 cm³/mol. The van der Waals surface area contributed by atoms with Crippen LogP contribution < -0.4 is 5.32 Å². The predicted octanol–water partition coefficient (Wildman–Crippen LogP) is 6.74. The van der Waals surface area contributed by atoms with Gasteiger partial charge in [-0.05, 0) is 28.8 Å². The van der Waals surface area contributed by atoms with Gasteiger partial charge in [-0.1, -0.05) is 73.7 Å². The van der Waals surface area contributed by atoms with Crippen molar-refractivity contribution in [1.82, 2.24) is 9.80 Å². The molecule has 4 atom stereocenters. The Bertz CT molecular complexity index is 1740. The lowest BCUT2D eigenvalue weighted by molar-refractivity contribution is -0.276. The number of carbonyl (C=O) groups is 1. The number of ether oxygens (including phenoxy) is 2. The standard InChI is InChI=1S/C37H36F5N3O4/c1-22-28(20-45-16-14-44(15-17-45)19-23-6-3-2-4-7-23)48-37(49-35(22)25-12-10-24(21-46)11-13-25)26-8-5-9-27(18-26)43-36(47)29-30(38)32(40)34(42)33(41)31(29)39/h2-13,18,22,28,35,37,46H,14-17,19-21H2,1H3,(H,43,47)/t22-,28+,35+,37+/m0/s1. The number of aliphatic hydroxyl groups is 1. The maximum Gasteiger partial charge on any atom is 0.261 e. The van der Waals surface area contributed by atoms with Gasteiger partial charge in [0, 0.05) is 56.4 Å². The number of nitrogens with one attached hydrogen (secondary N) is 1. The van der Waals surface area contributed by atoms with Crippen molar-refractivity contribution in [1.29, 1.82) is 0 Å². The number of amides is 1. The molecule has 49 heavy (non-hydrogen) atoms. The highest BCUT2D eigenvalue weighted by Gasteiger charge is 2.39. The lowest BCUT2D eigenvalue weighted by Gasteiger charge is -2.44. The van der Waals surface area contributed by atoms with Crippen LogP contribution in [0.2, 0.25) is 0 Å². The number of aliphatic hydroxyl groups excluding tert-OH is 1. The number of anilines is 1. The van der Waals surface area contributed by atoms with Crippen molar-refractivity contribution in [2.24, 2.45) is 5.92 Å². The second kappa shape index (κ2) is 15.1. The molecule has 4 aromatic carbocycles. The molecular formula is C37H36F5N3O4. The van der Waals surface area contributed by atoms with E-state index in [1.165, 1.54) is 17.7 Å². The molecule has 0 radical (unpaired) electrons. The average molecular weight is 682 g/mol. The zero-order valence-corrected chi connectivity index (χ0v) is 26.7. The minimum atomic E-state index is -2.35. The molecule has 7 nitrogen and oxygen atoms in total. The van der Waals surface area contributed by atoms with Gasteiger partial charge in [0.1, 0.15) is 5.56 Å². The van der Waals surface area contributed by atoms with Crippen molar-refractivity contribution in [2.45, 2.75) is 38.6 Å². The van der Waals surface area contributed by atoms with E-state index in [1.54, 1.807) is 12.1 Å². The van der Waals surface area contributed by atoms with E-state index in [9.17, 15) is 31.9 Å². The van der Waals surface area contributed by atoms with Crippen LogP contribution in [0.4, 0.5) is 27.6 Å². The van der Waals surface area contributed by atoms with E-state index >= 15 is 0 Å². The van der Waals surface area contributed by atoms with Crippen LogP contribution in [0.3, 0.4) is 0 Å². The number of benzene rings is 4. The van der Waals surface area contributed by atoms with Gasteiger partial charge in [-0.15, -0.1) is 0 Å². The summed E-state index contributed by atoms with van der Waals surface area (Å²) in [5, 5.41) is 11.8. The van der Waals surface area contributed by atoms with Crippen molar-refractivity contribution in [3.05, 3.63) is 136 Å². The number of halogens is 5. The molecule has 2 fully saturated rings. The molecule has 6 rings (SSSR count). The highest BCUT2D eigenvalue weighted by molar-refractivity contribution is 6.04. The highest BCUT2D eigenvalue weighted by Crippen LogP contribution is 2.42. The fourth-order valence-corrected chi connectivity index (χ4v) is 6.32. The molecular weight excluding hydrogens is 645 g/mol. The van der Waals surface area contributed by atoms with Crippen LogP contribution in [0.1, 0.15) is 51.9 Å². The van der Waals surface area contributed by atoms with E-state index in [0.29, 0.717) is 12.1 Å². The maximum atomic E-state index is 14.3. The van der Waals surface area contributed by atoms with Gasteiger partial charge in [0.05, 0.1) is 18.8 Å². The Kier molecular flexibility index (Phi) is 10.7. The van der Waals surface area contributed by atoms with Crippen LogP contribution >= 0.6 is 0 Å². The molecule has 2 saturated heterocycles. The third-order valence-electron chi connectivity index (χ3n) is 9.13. The highest BCUT2D eigenvalue weighted by atomic mass is 19.2. The van der Waals surface area contributed by atoms with E-state index in [-0.39, 0.29) is 24.3 Å². The summed E-state index contributed by atoms with van der Waals surface area (Å²) >= 11 is 0. The van der Waals surface area contributed by atoms with Crippen molar-refractivity contribution in [3.8, 4) is 0 Å². The Morgan fingerprint density at radius 1 is 0.755 bits per heavy atom. The fraction of sp³-hybridized carbons (Fsp3) is 0.324. The molecule has 2 N–H and O–H groups in total. The van der Waals surface area contributed by atoms with Crippen LogP contribution in [0.5, 0.6) is 0 Å². The van der Waals surface area contributed by atoms with E-state index in [1.807, 2.05) is 42.5 Å². The number of rotatable bonds is 9. The maximum absolute atomic E-state index is 14.3. The quantitative estimate of drug-likeness (QED) is 0.116. The summed E-state index contributed by atoms with van der Waals surface area (Å²) in [5.74, 6) is -12.8. The Morgan fingerprint density at radius 2 is 1.39 bits per heavy atom. The topological polar surface area (TPSA) is 74.3 Å². The molecule has 2 aliphatic heterocycles. The summed E-state index contributed by atoms with van der Waals surface area (Å²) in [6, 6.07) is 23.9. The van der Waals surface area contributed by atoms with Gasteiger partial charge >= 0.3 is 0 Å². The first-order valence-corrected chi connectivity index (χ1v) is 16.0. The molecule has 0 bridgehead atoms. The second-order valence-electron chi connectivity index (χ2n) is 12.4. The number of hydrogen-bond donors (Lipinski definition) is 2. The molecule has 1 amide bonds. The molecule has 0 aromatic heterocycles. The molecule has 2 aliphatic rings. The molecule has 2 heterocycles. The third-order valence-corrected chi connectivity index (χ3v) is 9.13. The van der Waals surface area contributed by atoms with Gasteiger partial charge in [-0.2, -0.15) is 0 Å². The van der Waals surface area contributed by atoms with E-state index < -0.39 is 53.0 Å². The number of piperazine rings is 1. The van der Waals surface area contributed by atoms with Crippen LogP contribution in [0, 0.1) is 35.0 Å². The fourth-order valence-electron chi connectivity index (χ4n) is 6.32. The lowest BCUT2D eigenvalue weighted by atomic mass is 9.90. The molecule has 0 aliphatic carbocycles. The first-order chi connectivity index (χ1) is 23.6. The van der Waals surface area contributed by atoms with E-state index in [4.69, 9.17) is 9.47 Å². The Balaban J connectivity index is 1.20. The summed E-state index contributed by atoms with van der Waals surface area (Å²) in [6.45, 7) is 6.94. The van der Waals surface area contributed by atoms with E-state index in [0.717, 1.165) is 43.9 Å². The summed E-state index contributed by atoms with van der Waals surface area (Å²) in [5.41, 5.74) is 1.81. The Morgan fingerprint density at radius 3 is 2.04 bits per heavy atom. The molecule has 4 aromatic rings. The van der Waals surface area contributed by atoms with Crippen molar-refractivity contribution in [3.63, 3.8) is 0 Å². The molecule has 12 heteroatoms. The summed E-state index contributed by atoms with van der Waals surface area (Å²) in [4.78, 5) is 17.5. The van der Waals surface area contributed by atoms with Crippen molar-refractivity contribution < 1.29 is 41.3 Å². The zero-order chi connectivity index (χ0) is 34.7. The first-order valence-electron chi connectivity index (χ1n) is 16.0. The molecule has 0 unspecified atom stereocenters.